The molecule has 0 aliphatic heterocycles. The molecule has 0 heterocycles. The number of carbonyl (C=O) groups is 3. The minimum absolute atomic E-state index is 0.0178. The number of hydrogen-bond acceptors (Lipinski definition) is 4. The molecular weight excluding hydrogens is 434 g/mol. The van der Waals surface area contributed by atoms with Crippen LogP contribution in [-0.2, 0) is 14.4 Å². The molecule has 7 atom stereocenters. The highest BCUT2D eigenvalue weighted by Gasteiger charge is 2.65. The highest BCUT2D eigenvalue weighted by Crippen LogP contribution is 2.69. The number of Topliss-reactive ketones (excluding diaryl/α,β-unsaturated/α-hetero) is 1. The minimum atomic E-state index is -0.582. The Morgan fingerprint density at radius 3 is 2.45 bits per heavy atom. The summed E-state index contributed by atoms with van der Waals surface area (Å²) in [6.07, 6.45) is 10.1. The average Bonchev–Trinajstić information content (AvgIpc) is 2.74. The van der Waals surface area contributed by atoms with Gasteiger partial charge in [0, 0.05) is 23.2 Å². The maximum Gasteiger partial charge on any atom is 0.228 e. The first-order valence-electron chi connectivity index (χ1n) is 12.5. The van der Waals surface area contributed by atoms with Gasteiger partial charge >= 0.3 is 0 Å². The number of fused-ring (bicyclic) bond motifs is 7. The zero-order chi connectivity index (χ0) is 24.0. The van der Waals surface area contributed by atoms with E-state index in [1.54, 1.807) is 0 Å². The average molecular weight is 468 g/mol. The lowest BCUT2D eigenvalue weighted by molar-refractivity contribution is -0.153. The van der Waals surface area contributed by atoms with E-state index in [1.165, 1.54) is 0 Å². The van der Waals surface area contributed by atoms with Gasteiger partial charge in [0.05, 0.1) is 5.57 Å². The Balaban J connectivity index is 1.64. The molecule has 3 saturated carbocycles. The van der Waals surface area contributed by atoms with Crippen LogP contribution in [0.1, 0.15) is 79.1 Å². The summed E-state index contributed by atoms with van der Waals surface area (Å²) in [4.78, 5) is 39.2. The van der Waals surface area contributed by atoms with Crippen molar-refractivity contribution < 1.29 is 14.4 Å². The van der Waals surface area contributed by atoms with Gasteiger partial charge in [0.2, 0.25) is 5.24 Å². The van der Waals surface area contributed by atoms with Crippen LogP contribution in [0.25, 0.3) is 0 Å². The van der Waals surface area contributed by atoms with Crippen molar-refractivity contribution in [3.05, 3.63) is 23.3 Å². The van der Waals surface area contributed by atoms with Crippen molar-refractivity contribution in [1.82, 2.24) is 0 Å². The molecule has 176 valence electrons. The first-order valence-corrected chi connectivity index (χ1v) is 12.9. The Morgan fingerprint density at radius 2 is 1.79 bits per heavy atom. The van der Waals surface area contributed by atoms with E-state index in [0.29, 0.717) is 6.42 Å². The van der Waals surface area contributed by atoms with Crippen molar-refractivity contribution in [1.29, 1.82) is 5.26 Å². The second kappa shape index (κ2) is 7.14. The van der Waals surface area contributed by atoms with Crippen LogP contribution in [0.4, 0.5) is 0 Å². The highest BCUT2D eigenvalue weighted by molar-refractivity contribution is 6.64. The zero-order valence-corrected chi connectivity index (χ0v) is 20.9. The SMILES string of the molecule is CC1(C)CCC2(C(=O)Cl)CCC3C(C(=O)C=C4C5(C)C=C(C#N)C(=O)CC5CCC43C)C2C1. The smallest absolute Gasteiger partial charge is 0.228 e. The number of allylic oxidation sites excluding steroid dienone is 4. The van der Waals surface area contributed by atoms with E-state index in [-0.39, 0.29) is 56.9 Å². The van der Waals surface area contributed by atoms with E-state index in [9.17, 15) is 19.6 Å². The Kier molecular flexibility index (Phi) is 4.98. The van der Waals surface area contributed by atoms with E-state index < -0.39 is 10.8 Å². The molecule has 7 unspecified atom stereocenters. The van der Waals surface area contributed by atoms with Gasteiger partial charge in [-0.1, -0.05) is 39.3 Å². The molecule has 5 heteroatoms. The third kappa shape index (κ3) is 3.04. The number of ketones is 2. The van der Waals surface area contributed by atoms with Crippen LogP contribution >= 0.6 is 11.6 Å². The van der Waals surface area contributed by atoms with Crippen LogP contribution in [0.3, 0.4) is 0 Å². The molecule has 0 amide bonds. The number of nitriles is 1. The molecule has 4 nitrogen and oxygen atoms in total. The zero-order valence-electron chi connectivity index (χ0n) is 20.2. The molecule has 0 aromatic heterocycles. The molecule has 0 spiro atoms. The topological polar surface area (TPSA) is 75.0 Å². The van der Waals surface area contributed by atoms with E-state index in [2.05, 4.69) is 33.8 Å². The van der Waals surface area contributed by atoms with Crippen molar-refractivity contribution in [3.63, 3.8) is 0 Å². The van der Waals surface area contributed by atoms with Crippen molar-refractivity contribution in [2.24, 2.45) is 45.3 Å². The summed E-state index contributed by atoms with van der Waals surface area (Å²) in [7, 11) is 0. The normalized spacial score (nSPS) is 45.9. The van der Waals surface area contributed by atoms with Gasteiger partial charge in [-0.15, -0.1) is 0 Å². The van der Waals surface area contributed by atoms with Gasteiger partial charge in [0.25, 0.3) is 0 Å². The molecule has 0 aromatic rings. The summed E-state index contributed by atoms with van der Waals surface area (Å²) in [5.74, 6) is 0.156. The summed E-state index contributed by atoms with van der Waals surface area (Å²) in [5, 5.41) is 9.30. The van der Waals surface area contributed by atoms with Crippen LogP contribution < -0.4 is 0 Å². The van der Waals surface area contributed by atoms with Gasteiger partial charge in [-0.2, -0.15) is 5.26 Å². The number of hydrogen-bond donors (Lipinski definition) is 0. The standard InChI is InChI=1S/C28H34ClNO3/c1-25(2)9-10-28(24(29)33)8-6-18-23(19(28)14-25)21(32)12-22-26(18,3)7-5-17-11-20(31)16(15-30)13-27(17,22)4/h12-13,17-19,23H,5-11,14H2,1-4H3. The second-order valence-corrected chi connectivity index (χ2v) is 13.1. The number of nitrogens with zero attached hydrogens (tertiary/aromatic N) is 1. The predicted molar refractivity (Wildman–Crippen MR) is 126 cm³/mol. The van der Waals surface area contributed by atoms with Crippen LogP contribution in [0, 0.1) is 56.7 Å². The van der Waals surface area contributed by atoms with Crippen LogP contribution in [0.15, 0.2) is 23.3 Å². The predicted octanol–water partition coefficient (Wildman–Crippen LogP) is 5.95. The molecule has 0 radical (unpaired) electrons. The second-order valence-electron chi connectivity index (χ2n) is 12.8. The monoisotopic (exact) mass is 467 g/mol. The summed E-state index contributed by atoms with van der Waals surface area (Å²) < 4.78 is 0. The molecule has 33 heavy (non-hydrogen) atoms. The number of rotatable bonds is 1. The Morgan fingerprint density at radius 1 is 1.06 bits per heavy atom. The molecule has 3 fully saturated rings. The number of carbonyl (C=O) groups excluding carboxylic acids is 3. The van der Waals surface area contributed by atoms with Gasteiger partial charge in [-0.05, 0) is 91.2 Å². The fourth-order valence-electron chi connectivity index (χ4n) is 8.75. The fourth-order valence-corrected chi connectivity index (χ4v) is 9.08. The largest absolute Gasteiger partial charge is 0.295 e. The van der Waals surface area contributed by atoms with E-state index >= 15 is 0 Å². The maximum atomic E-state index is 13.9. The Bertz CT molecular complexity index is 1060. The van der Waals surface area contributed by atoms with Crippen LogP contribution in [-0.4, -0.2) is 16.8 Å². The van der Waals surface area contributed by atoms with E-state index in [4.69, 9.17) is 11.6 Å². The van der Waals surface area contributed by atoms with Crippen LogP contribution in [0.2, 0.25) is 0 Å². The van der Waals surface area contributed by atoms with E-state index in [0.717, 1.165) is 50.5 Å². The molecular formula is C28H34ClNO3. The molecule has 0 aromatic carbocycles. The van der Waals surface area contributed by atoms with Crippen molar-refractivity contribution in [2.45, 2.75) is 79.1 Å². The minimum Gasteiger partial charge on any atom is -0.295 e. The Labute approximate surface area is 201 Å². The molecule has 5 rings (SSSR count). The van der Waals surface area contributed by atoms with Gasteiger partial charge in [0.1, 0.15) is 6.07 Å². The molecule has 0 bridgehead atoms. The lowest BCUT2D eigenvalue weighted by atomic mass is 9.40. The van der Waals surface area contributed by atoms with Crippen molar-refractivity contribution in [3.8, 4) is 6.07 Å². The first-order chi connectivity index (χ1) is 15.4. The quantitative estimate of drug-likeness (QED) is 0.447. The fraction of sp³-hybridized carbons (Fsp3) is 0.714. The Hall–Kier alpha value is -1.73. The van der Waals surface area contributed by atoms with Gasteiger partial charge < -0.3 is 0 Å². The highest BCUT2D eigenvalue weighted by atomic mass is 35.5. The first kappa shape index (κ1) is 23.0. The maximum absolute atomic E-state index is 13.9. The third-order valence-corrected chi connectivity index (χ3v) is 11.1. The van der Waals surface area contributed by atoms with Gasteiger partial charge in [-0.25, -0.2) is 0 Å². The lowest BCUT2D eigenvalue weighted by Gasteiger charge is -2.63. The van der Waals surface area contributed by atoms with Gasteiger partial charge in [-0.3, -0.25) is 14.4 Å². The summed E-state index contributed by atoms with van der Waals surface area (Å²) in [5.41, 5.74) is 0.225. The molecule has 5 aliphatic rings. The third-order valence-electron chi connectivity index (χ3n) is 10.7. The van der Waals surface area contributed by atoms with Gasteiger partial charge in [0.15, 0.2) is 11.6 Å². The van der Waals surface area contributed by atoms with Crippen LogP contribution in [0.5, 0.6) is 0 Å². The summed E-state index contributed by atoms with van der Waals surface area (Å²) >= 11 is 6.29. The summed E-state index contributed by atoms with van der Waals surface area (Å²) in [6.45, 7) is 8.91. The molecule has 0 N–H and O–H groups in total. The van der Waals surface area contributed by atoms with Crippen molar-refractivity contribution in [2.75, 3.05) is 0 Å². The van der Waals surface area contributed by atoms with Crippen molar-refractivity contribution >= 4 is 28.4 Å². The molecule has 5 aliphatic carbocycles. The van der Waals surface area contributed by atoms with E-state index in [1.807, 2.05) is 12.2 Å². The number of halogens is 1. The summed E-state index contributed by atoms with van der Waals surface area (Å²) in [6, 6.07) is 2.10. The lowest BCUT2D eigenvalue weighted by Crippen LogP contribution is -2.60. The molecule has 0 saturated heterocycles.